The Morgan fingerprint density at radius 3 is 2.68 bits per heavy atom. The van der Waals surface area contributed by atoms with Crippen LogP contribution in [-0.2, 0) is 0 Å². The van der Waals surface area contributed by atoms with Crippen LogP contribution < -0.4 is 10.6 Å². The van der Waals surface area contributed by atoms with E-state index in [1.165, 1.54) is 0 Å². The molecule has 1 aliphatic carbocycles. The average Bonchev–Trinajstić information content (AvgIpc) is 3.25. The molecule has 5 nitrogen and oxygen atoms in total. The number of carbonyl (C=O) groups excluding carboxylic acids is 1. The first-order valence-corrected chi connectivity index (χ1v) is 7.65. The first kappa shape index (κ1) is 15.1. The summed E-state index contributed by atoms with van der Waals surface area (Å²) in [7, 11) is 0. The third kappa shape index (κ3) is 3.67. The summed E-state index contributed by atoms with van der Waals surface area (Å²) >= 11 is 11.9. The van der Waals surface area contributed by atoms with Crippen LogP contribution in [0.5, 0.6) is 0 Å². The Morgan fingerprint density at radius 2 is 2.00 bits per heavy atom. The lowest BCUT2D eigenvalue weighted by molar-refractivity contribution is 0.102. The van der Waals surface area contributed by atoms with Gasteiger partial charge in [0, 0.05) is 17.1 Å². The lowest BCUT2D eigenvalue weighted by atomic mass is 10.3. The number of halogens is 2. The molecule has 1 heterocycles. The summed E-state index contributed by atoms with van der Waals surface area (Å²) in [6, 6.07) is 6.99. The Labute approximate surface area is 138 Å². The summed E-state index contributed by atoms with van der Waals surface area (Å²) in [5.74, 6) is 0.869. The quantitative estimate of drug-likeness (QED) is 0.887. The fourth-order valence-electron chi connectivity index (χ4n) is 1.97. The molecule has 1 aromatic carbocycles. The molecule has 0 spiro atoms. The van der Waals surface area contributed by atoms with Crippen LogP contribution in [0.3, 0.4) is 0 Å². The van der Waals surface area contributed by atoms with Crippen molar-refractivity contribution in [3.63, 3.8) is 0 Å². The summed E-state index contributed by atoms with van der Waals surface area (Å²) in [5, 5.41) is 6.88. The van der Waals surface area contributed by atoms with Crippen molar-refractivity contribution >= 4 is 40.6 Å². The minimum absolute atomic E-state index is 0.293. The normalized spacial score (nSPS) is 13.8. The average molecular weight is 337 g/mol. The molecule has 1 amide bonds. The van der Waals surface area contributed by atoms with Gasteiger partial charge in [0.25, 0.3) is 5.91 Å². The Morgan fingerprint density at radius 1 is 1.23 bits per heavy atom. The maximum atomic E-state index is 12.3. The fraction of sp³-hybridized carbons (Fsp3) is 0.267. The highest BCUT2D eigenvalue weighted by atomic mass is 35.5. The second kappa shape index (κ2) is 6.10. The Kier molecular flexibility index (Phi) is 4.18. The zero-order valence-electron chi connectivity index (χ0n) is 11.9. The number of amides is 1. The van der Waals surface area contributed by atoms with Crippen LogP contribution in [0.2, 0.25) is 10.0 Å². The van der Waals surface area contributed by atoms with E-state index in [9.17, 15) is 4.79 Å². The lowest BCUT2D eigenvalue weighted by Crippen LogP contribution is -2.16. The van der Waals surface area contributed by atoms with Gasteiger partial charge in [-0.25, -0.2) is 9.97 Å². The zero-order valence-corrected chi connectivity index (χ0v) is 13.4. The van der Waals surface area contributed by atoms with Gasteiger partial charge < -0.3 is 10.6 Å². The third-order valence-corrected chi connectivity index (χ3v) is 3.73. The summed E-state index contributed by atoms with van der Waals surface area (Å²) in [6.07, 6.45) is 2.26. The van der Waals surface area contributed by atoms with Crippen LogP contribution in [0.4, 0.5) is 11.5 Å². The van der Waals surface area contributed by atoms with E-state index in [4.69, 9.17) is 23.2 Å². The fourth-order valence-corrected chi connectivity index (χ4v) is 2.43. The molecule has 0 aliphatic heterocycles. The number of aryl methyl sites for hydroxylation is 1. The predicted molar refractivity (Wildman–Crippen MR) is 87.8 cm³/mol. The van der Waals surface area contributed by atoms with Crippen molar-refractivity contribution in [2.45, 2.75) is 25.8 Å². The molecular formula is C15H14Cl2N4O. The van der Waals surface area contributed by atoms with Gasteiger partial charge in [0.1, 0.15) is 17.3 Å². The number of aromatic nitrogens is 2. The van der Waals surface area contributed by atoms with E-state index in [1.807, 2.05) is 0 Å². The number of nitrogens with one attached hydrogen (secondary N) is 2. The molecule has 7 heteroatoms. The van der Waals surface area contributed by atoms with Gasteiger partial charge in [-0.05, 0) is 38.0 Å². The van der Waals surface area contributed by atoms with Crippen molar-refractivity contribution in [3.05, 3.63) is 45.8 Å². The molecule has 0 bridgehead atoms. The van der Waals surface area contributed by atoms with E-state index in [-0.39, 0.29) is 5.91 Å². The van der Waals surface area contributed by atoms with Crippen molar-refractivity contribution in [2.24, 2.45) is 0 Å². The van der Waals surface area contributed by atoms with Crippen molar-refractivity contribution in [2.75, 3.05) is 10.6 Å². The topological polar surface area (TPSA) is 66.9 Å². The highest BCUT2D eigenvalue weighted by molar-refractivity contribution is 6.36. The SMILES string of the molecule is Cc1nc(NC2CC2)cc(C(=O)Nc2ccc(Cl)cc2Cl)n1. The summed E-state index contributed by atoms with van der Waals surface area (Å²) < 4.78 is 0. The molecule has 22 heavy (non-hydrogen) atoms. The van der Waals surface area contributed by atoms with Gasteiger partial charge >= 0.3 is 0 Å². The molecule has 0 saturated heterocycles. The first-order chi connectivity index (χ1) is 10.5. The molecule has 0 radical (unpaired) electrons. The maximum Gasteiger partial charge on any atom is 0.274 e. The third-order valence-electron chi connectivity index (χ3n) is 3.18. The number of benzene rings is 1. The van der Waals surface area contributed by atoms with Gasteiger partial charge in [0.05, 0.1) is 10.7 Å². The number of hydrogen-bond donors (Lipinski definition) is 2. The van der Waals surface area contributed by atoms with Gasteiger partial charge in [0.15, 0.2) is 0 Å². The molecule has 1 fully saturated rings. The Bertz CT molecular complexity index is 731. The molecule has 0 atom stereocenters. The molecule has 1 aliphatic rings. The smallest absolute Gasteiger partial charge is 0.274 e. The number of nitrogens with zero attached hydrogens (tertiary/aromatic N) is 2. The van der Waals surface area contributed by atoms with Gasteiger partial charge in [-0.3, -0.25) is 4.79 Å². The summed E-state index contributed by atoms with van der Waals surface area (Å²) in [4.78, 5) is 20.8. The molecule has 114 valence electrons. The van der Waals surface area contributed by atoms with E-state index in [0.29, 0.717) is 39.1 Å². The number of carbonyl (C=O) groups is 1. The number of hydrogen-bond acceptors (Lipinski definition) is 4. The second-order valence-electron chi connectivity index (χ2n) is 5.18. The molecule has 1 saturated carbocycles. The minimum Gasteiger partial charge on any atom is -0.367 e. The van der Waals surface area contributed by atoms with Gasteiger partial charge in [0.2, 0.25) is 0 Å². The molecule has 0 unspecified atom stereocenters. The monoisotopic (exact) mass is 336 g/mol. The summed E-state index contributed by atoms with van der Waals surface area (Å²) in [5.41, 5.74) is 0.783. The summed E-state index contributed by atoms with van der Waals surface area (Å²) in [6.45, 7) is 1.75. The van der Waals surface area contributed by atoms with Crippen molar-refractivity contribution in [1.82, 2.24) is 9.97 Å². The van der Waals surface area contributed by atoms with Gasteiger partial charge in [-0.1, -0.05) is 23.2 Å². The molecule has 2 aromatic rings. The van der Waals surface area contributed by atoms with Crippen LogP contribution >= 0.6 is 23.2 Å². The van der Waals surface area contributed by atoms with Crippen LogP contribution in [0.25, 0.3) is 0 Å². The zero-order chi connectivity index (χ0) is 15.7. The van der Waals surface area contributed by atoms with E-state index >= 15 is 0 Å². The van der Waals surface area contributed by atoms with Crippen molar-refractivity contribution < 1.29 is 4.79 Å². The molecule has 3 rings (SSSR count). The van der Waals surface area contributed by atoms with Crippen LogP contribution in [0.15, 0.2) is 24.3 Å². The second-order valence-corrected chi connectivity index (χ2v) is 6.03. The van der Waals surface area contributed by atoms with Gasteiger partial charge in [-0.15, -0.1) is 0 Å². The first-order valence-electron chi connectivity index (χ1n) is 6.90. The Balaban J connectivity index is 1.80. The van der Waals surface area contributed by atoms with Crippen LogP contribution in [0, 0.1) is 6.92 Å². The number of rotatable bonds is 4. The molecular weight excluding hydrogens is 323 g/mol. The largest absolute Gasteiger partial charge is 0.367 e. The highest BCUT2D eigenvalue weighted by Gasteiger charge is 2.22. The van der Waals surface area contributed by atoms with Gasteiger partial charge in [-0.2, -0.15) is 0 Å². The molecule has 2 N–H and O–H groups in total. The highest BCUT2D eigenvalue weighted by Crippen LogP contribution is 2.26. The van der Waals surface area contributed by atoms with E-state index in [2.05, 4.69) is 20.6 Å². The number of anilines is 2. The Hall–Kier alpha value is -1.85. The van der Waals surface area contributed by atoms with Crippen molar-refractivity contribution in [3.8, 4) is 0 Å². The van der Waals surface area contributed by atoms with E-state index in [0.717, 1.165) is 12.8 Å². The van der Waals surface area contributed by atoms with E-state index < -0.39 is 0 Å². The minimum atomic E-state index is -0.339. The van der Waals surface area contributed by atoms with Crippen LogP contribution in [-0.4, -0.2) is 21.9 Å². The predicted octanol–water partition coefficient (Wildman–Crippen LogP) is 3.92. The molecule has 1 aromatic heterocycles. The van der Waals surface area contributed by atoms with Crippen LogP contribution in [0.1, 0.15) is 29.2 Å². The standard InChI is InChI=1S/C15H14Cl2N4O/c1-8-18-13(7-14(19-8)20-10-3-4-10)15(22)21-12-5-2-9(16)6-11(12)17/h2,5-7,10H,3-4H2,1H3,(H,21,22)(H,18,19,20). The van der Waals surface area contributed by atoms with Crippen molar-refractivity contribution in [1.29, 1.82) is 0 Å². The lowest BCUT2D eigenvalue weighted by Gasteiger charge is -2.09. The maximum absolute atomic E-state index is 12.3. The van der Waals surface area contributed by atoms with E-state index in [1.54, 1.807) is 31.2 Å².